The van der Waals surface area contributed by atoms with E-state index in [1.54, 1.807) is 4.90 Å². The number of hydrogen-bond donors (Lipinski definition) is 1. The van der Waals surface area contributed by atoms with E-state index in [-0.39, 0.29) is 11.8 Å². The average molecular weight is 287 g/mol. The van der Waals surface area contributed by atoms with E-state index < -0.39 is 5.60 Å². The van der Waals surface area contributed by atoms with Crippen molar-refractivity contribution < 1.29 is 9.90 Å². The maximum absolute atomic E-state index is 12.8. The van der Waals surface area contributed by atoms with Crippen LogP contribution in [0.25, 0.3) is 0 Å². The van der Waals surface area contributed by atoms with Gasteiger partial charge in [-0.2, -0.15) is 0 Å². The fourth-order valence-electron chi connectivity index (χ4n) is 3.99. The second-order valence-electron chi connectivity index (χ2n) is 6.77. The summed E-state index contributed by atoms with van der Waals surface area (Å²) in [6.45, 7) is 0.477. The van der Waals surface area contributed by atoms with Crippen molar-refractivity contribution in [2.75, 3.05) is 13.6 Å². The van der Waals surface area contributed by atoms with Crippen molar-refractivity contribution in [2.24, 2.45) is 0 Å². The smallest absolute Gasteiger partial charge is 0.229 e. The topological polar surface area (TPSA) is 40.5 Å². The van der Waals surface area contributed by atoms with Gasteiger partial charge in [-0.15, -0.1) is 0 Å². The standard InChI is InChI=1S/C18H25NO2/c1-19(13-18(21)11-4-5-12-18)17(20)16-10-6-8-14-7-2-3-9-15(14)16/h2-3,7,9,16,21H,4-6,8,10-13H2,1H3. The van der Waals surface area contributed by atoms with E-state index in [0.29, 0.717) is 6.54 Å². The van der Waals surface area contributed by atoms with Gasteiger partial charge in [0.1, 0.15) is 0 Å². The van der Waals surface area contributed by atoms with Gasteiger partial charge in [0.15, 0.2) is 0 Å². The summed E-state index contributed by atoms with van der Waals surface area (Å²) < 4.78 is 0. The van der Waals surface area contributed by atoms with Gasteiger partial charge in [-0.25, -0.2) is 0 Å². The molecule has 0 aromatic heterocycles. The van der Waals surface area contributed by atoms with Gasteiger partial charge in [0.25, 0.3) is 0 Å². The molecule has 3 heteroatoms. The van der Waals surface area contributed by atoms with Crippen LogP contribution >= 0.6 is 0 Å². The molecule has 0 saturated heterocycles. The van der Waals surface area contributed by atoms with Crippen molar-refractivity contribution in [3.63, 3.8) is 0 Å². The maximum atomic E-state index is 12.8. The Labute approximate surface area is 127 Å². The molecule has 3 rings (SSSR count). The molecule has 1 fully saturated rings. The van der Waals surface area contributed by atoms with E-state index in [4.69, 9.17) is 0 Å². The van der Waals surface area contributed by atoms with Gasteiger partial charge >= 0.3 is 0 Å². The van der Waals surface area contributed by atoms with E-state index in [1.807, 2.05) is 13.1 Å². The Balaban J connectivity index is 1.73. The van der Waals surface area contributed by atoms with Gasteiger partial charge in [-0.1, -0.05) is 37.1 Å². The van der Waals surface area contributed by atoms with Crippen LogP contribution in [0.15, 0.2) is 24.3 Å². The first-order valence-electron chi connectivity index (χ1n) is 8.14. The van der Waals surface area contributed by atoms with Gasteiger partial charge in [-0.05, 0) is 43.2 Å². The van der Waals surface area contributed by atoms with Crippen LogP contribution in [0.2, 0.25) is 0 Å². The second-order valence-corrected chi connectivity index (χ2v) is 6.77. The third kappa shape index (κ3) is 2.98. The summed E-state index contributed by atoms with van der Waals surface area (Å²) in [4.78, 5) is 14.6. The molecular weight excluding hydrogens is 262 g/mol. The van der Waals surface area contributed by atoms with Gasteiger partial charge < -0.3 is 10.0 Å². The average Bonchev–Trinajstić information content (AvgIpc) is 2.92. The Hall–Kier alpha value is -1.35. The lowest BCUT2D eigenvalue weighted by Gasteiger charge is -2.33. The highest BCUT2D eigenvalue weighted by atomic mass is 16.3. The van der Waals surface area contributed by atoms with Crippen LogP contribution in [-0.2, 0) is 11.2 Å². The fraction of sp³-hybridized carbons (Fsp3) is 0.611. The zero-order valence-electron chi connectivity index (χ0n) is 12.8. The largest absolute Gasteiger partial charge is 0.388 e. The Morgan fingerprint density at radius 3 is 2.76 bits per heavy atom. The number of aryl methyl sites for hydroxylation is 1. The molecule has 2 aliphatic rings. The van der Waals surface area contributed by atoms with E-state index >= 15 is 0 Å². The van der Waals surface area contributed by atoms with Crippen LogP contribution < -0.4 is 0 Å². The van der Waals surface area contributed by atoms with Crippen LogP contribution in [0.1, 0.15) is 55.6 Å². The molecule has 1 aromatic rings. The molecule has 2 aliphatic carbocycles. The molecule has 1 atom stereocenters. The van der Waals surface area contributed by atoms with Crippen molar-refractivity contribution in [2.45, 2.75) is 56.5 Å². The van der Waals surface area contributed by atoms with Crippen LogP contribution in [0.3, 0.4) is 0 Å². The summed E-state index contributed by atoms with van der Waals surface area (Å²) in [5.74, 6) is 0.146. The molecule has 0 heterocycles. The van der Waals surface area contributed by atoms with Gasteiger partial charge in [-0.3, -0.25) is 4.79 Å². The van der Waals surface area contributed by atoms with Crippen molar-refractivity contribution in [3.8, 4) is 0 Å². The second kappa shape index (κ2) is 5.80. The number of fused-ring (bicyclic) bond motifs is 1. The molecule has 3 nitrogen and oxygen atoms in total. The summed E-state index contributed by atoms with van der Waals surface area (Å²) >= 11 is 0. The zero-order valence-corrected chi connectivity index (χ0v) is 12.8. The van der Waals surface area contributed by atoms with Crippen molar-refractivity contribution in [3.05, 3.63) is 35.4 Å². The minimum Gasteiger partial charge on any atom is -0.388 e. The van der Waals surface area contributed by atoms with Gasteiger partial charge in [0.05, 0.1) is 11.5 Å². The fourth-order valence-corrected chi connectivity index (χ4v) is 3.99. The Kier molecular flexibility index (Phi) is 4.03. The van der Waals surface area contributed by atoms with Crippen molar-refractivity contribution in [1.82, 2.24) is 4.90 Å². The highest BCUT2D eigenvalue weighted by Gasteiger charge is 2.36. The monoisotopic (exact) mass is 287 g/mol. The number of benzene rings is 1. The number of hydrogen-bond acceptors (Lipinski definition) is 2. The molecule has 1 unspecified atom stereocenters. The van der Waals surface area contributed by atoms with Crippen molar-refractivity contribution in [1.29, 1.82) is 0 Å². The molecule has 1 N–H and O–H groups in total. The van der Waals surface area contributed by atoms with Gasteiger partial charge in [0, 0.05) is 13.6 Å². The number of nitrogens with zero attached hydrogens (tertiary/aromatic N) is 1. The molecule has 0 bridgehead atoms. The highest BCUT2D eigenvalue weighted by molar-refractivity contribution is 5.84. The minimum atomic E-state index is -0.654. The Morgan fingerprint density at radius 2 is 2.00 bits per heavy atom. The molecule has 21 heavy (non-hydrogen) atoms. The first-order chi connectivity index (χ1) is 10.1. The Morgan fingerprint density at radius 1 is 1.29 bits per heavy atom. The predicted octanol–water partition coefficient (Wildman–Crippen LogP) is 2.87. The molecule has 1 aromatic carbocycles. The highest BCUT2D eigenvalue weighted by Crippen LogP contribution is 2.34. The first-order valence-corrected chi connectivity index (χ1v) is 8.14. The van der Waals surface area contributed by atoms with E-state index in [1.165, 1.54) is 11.1 Å². The lowest BCUT2D eigenvalue weighted by atomic mass is 9.82. The number of amides is 1. The summed E-state index contributed by atoms with van der Waals surface area (Å²) in [7, 11) is 1.84. The maximum Gasteiger partial charge on any atom is 0.229 e. The SMILES string of the molecule is CN(CC1(O)CCCC1)C(=O)C1CCCc2ccccc21. The summed E-state index contributed by atoms with van der Waals surface area (Å²) in [5, 5.41) is 10.5. The number of carbonyl (C=O) groups is 1. The van der Waals surface area contributed by atoms with Crippen molar-refractivity contribution >= 4 is 5.91 Å². The first kappa shape index (κ1) is 14.6. The third-order valence-electron chi connectivity index (χ3n) is 5.11. The molecule has 0 radical (unpaired) electrons. The minimum absolute atomic E-state index is 0.0232. The van der Waals surface area contributed by atoms with E-state index in [2.05, 4.69) is 18.2 Å². The molecular formula is C18H25NO2. The molecule has 0 spiro atoms. The molecule has 0 aliphatic heterocycles. The summed E-state index contributed by atoms with van der Waals surface area (Å²) in [6, 6.07) is 8.31. The van der Waals surface area contributed by atoms with Crippen LogP contribution in [-0.4, -0.2) is 35.1 Å². The molecule has 1 amide bonds. The lowest BCUT2D eigenvalue weighted by Crippen LogP contribution is -2.44. The summed E-state index contributed by atoms with van der Waals surface area (Å²) in [6.07, 6.45) is 6.88. The zero-order chi connectivity index (χ0) is 14.9. The van der Waals surface area contributed by atoms with Crippen LogP contribution in [0.5, 0.6) is 0 Å². The van der Waals surface area contributed by atoms with E-state index in [0.717, 1.165) is 44.9 Å². The third-order valence-corrected chi connectivity index (χ3v) is 5.11. The van der Waals surface area contributed by atoms with E-state index in [9.17, 15) is 9.90 Å². The number of carbonyl (C=O) groups excluding carboxylic acids is 1. The number of aliphatic hydroxyl groups is 1. The van der Waals surface area contributed by atoms with Crippen LogP contribution in [0, 0.1) is 0 Å². The predicted molar refractivity (Wildman–Crippen MR) is 83.2 cm³/mol. The molecule has 1 saturated carbocycles. The summed E-state index contributed by atoms with van der Waals surface area (Å²) in [5.41, 5.74) is 1.85. The quantitative estimate of drug-likeness (QED) is 0.928. The lowest BCUT2D eigenvalue weighted by molar-refractivity contribution is -0.135. The van der Waals surface area contributed by atoms with Gasteiger partial charge in [0.2, 0.25) is 5.91 Å². The van der Waals surface area contributed by atoms with Crippen LogP contribution in [0.4, 0.5) is 0 Å². The number of rotatable bonds is 3. The number of likely N-dealkylation sites (N-methyl/N-ethyl adjacent to an activating group) is 1. The molecule has 114 valence electrons. The normalized spacial score (nSPS) is 23.6. The Bertz CT molecular complexity index is 520.